The average molecular weight is 433 g/mol. The third-order valence-corrected chi connectivity index (χ3v) is 6.75. The SMILES string of the molecule is c1ccc2cc(-c3c4cnccc4c(-c4ccc5ccccc5c4)c4ncccc34)ccc2c1. The zero-order valence-electron chi connectivity index (χ0n) is 18.4. The smallest absolute Gasteiger partial charge is 0.0793 e. The topological polar surface area (TPSA) is 25.8 Å². The molecule has 0 aliphatic rings. The lowest BCUT2D eigenvalue weighted by molar-refractivity contribution is 1.36. The maximum absolute atomic E-state index is 4.92. The summed E-state index contributed by atoms with van der Waals surface area (Å²) in [5.41, 5.74) is 5.70. The van der Waals surface area contributed by atoms with Gasteiger partial charge in [-0.25, -0.2) is 0 Å². The molecule has 0 spiro atoms. The fourth-order valence-corrected chi connectivity index (χ4v) is 5.18. The molecule has 2 heterocycles. The molecule has 0 unspecified atom stereocenters. The molecule has 5 aromatic carbocycles. The normalized spacial score (nSPS) is 11.5. The van der Waals surface area contributed by atoms with E-state index in [1.54, 1.807) is 0 Å². The first-order valence-electron chi connectivity index (χ1n) is 11.5. The molecule has 7 rings (SSSR count). The maximum atomic E-state index is 4.92. The molecule has 0 atom stereocenters. The van der Waals surface area contributed by atoms with Crippen molar-refractivity contribution < 1.29 is 0 Å². The van der Waals surface area contributed by atoms with E-state index in [9.17, 15) is 0 Å². The highest BCUT2D eigenvalue weighted by Gasteiger charge is 2.18. The van der Waals surface area contributed by atoms with Crippen molar-refractivity contribution in [3.05, 3.63) is 122 Å². The molecule has 7 aromatic rings. The van der Waals surface area contributed by atoms with Crippen molar-refractivity contribution in [2.75, 3.05) is 0 Å². The van der Waals surface area contributed by atoms with E-state index in [1.807, 2.05) is 24.7 Å². The summed E-state index contributed by atoms with van der Waals surface area (Å²) in [4.78, 5) is 9.45. The molecule has 0 saturated heterocycles. The number of pyridine rings is 2. The van der Waals surface area contributed by atoms with Gasteiger partial charge in [0.25, 0.3) is 0 Å². The van der Waals surface area contributed by atoms with Gasteiger partial charge in [0.2, 0.25) is 0 Å². The van der Waals surface area contributed by atoms with Crippen LogP contribution in [0.3, 0.4) is 0 Å². The van der Waals surface area contributed by atoms with E-state index in [2.05, 4.69) is 102 Å². The van der Waals surface area contributed by atoms with Crippen molar-refractivity contribution in [1.29, 1.82) is 0 Å². The van der Waals surface area contributed by atoms with Crippen LogP contribution in [0, 0.1) is 0 Å². The van der Waals surface area contributed by atoms with Gasteiger partial charge in [0.1, 0.15) is 0 Å². The van der Waals surface area contributed by atoms with Gasteiger partial charge in [-0.3, -0.25) is 9.97 Å². The van der Waals surface area contributed by atoms with Gasteiger partial charge in [0.05, 0.1) is 5.52 Å². The highest BCUT2D eigenvalue weighted by atomic mass is 14.7. The molecule has 0 saturated carbocycles. The number of nitrogens with zero attached hydrogens (tertiary/aromatic N) is 2. The fourth-order valence-electron chi connectivity index (χ4n) is 5.18. The quantitative estimate of drug-likeness (QED) is 0.256. The van der Waals surface area contributed by atoms with Crippen LogP contribution in [0.15, 0.2) is 122 Å². The predicted molar refractivity (Wildman–Crippen MR) is 143 cm³/mol. The molecule has 0 N–H and O–H groups in total. The molecule has 0 bridgehead atoms. The number of aromatic nitrogens is 2. The van der Waals surface area contributed by atoms with Gasteiger partial charge in [-0.2, -0.15) is 0 Å². The molecule has 2 aromatic heterocycles. The van der Waals surface area contributed by atoms with Gasteiger partial charge in [0.15, 0.2) is 0 Å². The van der Waals surface area contributed by atoms with E-state index >= 15 is 0 Å². The molecule has 0 aliphatic heterocycles. The monoisotopic (exact) mass is 432 g/mol. The zero-order chi connectivity index (χ0) is 22.5. The first-order valence-corrected chi connectivity index (χ1v) is 11.5. The fraction of sp³-hybridized carbons (Fsp3) is 0. The largest absolute Gasteiger partial charge is 0.264 e. The van der Waals surface area contributed by atoms with E-state index in [0.717, 1.165) is 21.9 Å². The van der Waals surface area contributed by atoms with Crippen molar-refractivity contribution in [1.82, 2.24) is 9.97 Å². The molecule has 0 amide bonds. The van der Waals surface area contributed by atoms with Crippen LogP contribution in [0.25, 0.3) is 65.5 Å². The van der Waals surface area contributed by atoms with Crippen molar-refractivity contribution in [3.63, 3.8) is 0 Å². The minimum atomic E-state index is 1.01. The molecule has 2 nitrogen and oxygen atoms in total. The Morgan fingerprint density at radius 3 is 1.79 bits per heavy atom. The van der Waals surface area contributed by atoms with Gasteiger partial charge in [-0.05, 0) is 62.3 Å². The van der Waals surface area contributed by atoms with Crippen LogP contribution in [0.5, 0.6) is 0 Å². The second-order valence-corrected chi connectivity index (χ2v) is 8.69. The summed E-state index contributed by atoms with van der Waals surface area (Å²) in [6, 6.07) is 36.7. The summed E-state index contributed by atoms with van der Waals surface area (Å²) in [6.07, 6.45) is 5.77. The first kappa shape index (κ1) is 19.0. The van der Waals surface area contributed by atoms with Crippen molar-refractivity contribution in [2.45, 2.75) is 0 Å². The number of fused-ring (bicyclic) bond motifs is 4. The van der Waals surface area contributed by atoms with Crippen LogP contribution in [0.1, 0.15) is 0 Å². The summed E-state index contributed by atoms with van der Waals surface area (Å²) in [5, 5.41) is 8.38. The zero-order valence-corrected chi connectivity index (χ0v) is 18.4. The van der Waals surface area contributed by atoms with Crippen LogP contribution in [0.4, 0.5) is 0 Å². The first-order chi connectivity index (χ1) is 16.9. The van der Waals surface area contributed by atoms with Crippen LogP contribution in [-0.4, -0.2) is 9.97 Å². The lowest BCUT2D eigenvalue weighted by Gasteiger charge is -2.17. The predicted octanol–water partition coefficient (Wildman–Crippen LogP) is 8.42. The Balaban J connectivity index is 1.61. The minimum absolute atomic E-state index is 1.01. The molecule has 0 fully saturated rings. The van der Waals surface area contributed by atoms with E-state index in [1.165, 1.54) is 43.6 Å². The van der Waals surface area contributed by atoms with E-state index in [0.29, 0.717) is 0 Å². The van der Waals surface area contributed by atoms with Crippen LogP contribution < -0.4 is 0 Å². The summed E-state index contributed by atoms with van der Waals surface area (Å²) in [6.45, 7) is 0. The minimum Gasteiger partial charge on any atom is -0.264 e. The van der Waals surface area contributed by atoms with Crippen LogP contribution in [0.2, 0.25) is 0 Å². The maximum Gasteiger partial charge on any atom is 0.0793 e. The lowest BCUT2D eigenvalue weighted by atomic mass is 9.88. The van der Waals surface area contributed by atoms with Gasteiger partial charge in [-0.15, -0.1) is 0 Å². The standard InChI is InChI=1S/C32H20N2/c1-3-8-23-18-25(13-11-21(23)6-1)30-28-10-5-16-34-32(28)31(27-15-17-33-20-29(27)30)26-14-12-22-7-2-4-9-24(22)19-26/h1-20H. The van der Waals surface area contributed by atoms with Gasteiger partial charge in [-0.1, -0.05) is 78.9 Å². The van der Waals surface area contributed by atoms with Crippen molar-refractivity contribution in [3.8, 4) is 22.3 Å². The molecule has 0 aliphatic carbocycles. The Labute approximate surface area is 197 Å². The van der Waals surface area contributed by atoms with E-state index < -0.39 is 0 Å². The van der Waals surface area contributed by atoms with E-state index in [4.69, 9.17) is 4.98 Å². The van der Waals surface area contributed by atoms with Gasteiger partial charge < -0.3 is 0 Å². The Morgan fingerprint density at radius 1 is 0.441 bits per heavy atom. The number of hydrogen-bond donors (Lipinski definition) is 0. The summed E-state index contributed by atoms with van der Waals surface area (Å²) >= 11 is 0. The molecular weight excluding hydrogens is 412 g/mol. The van der Waals surface area contributed by atoms with Crippen LogP contribution >= 0.6 is 0 Å². The van der Waals surface area contributed by atoms with Crippen molar-refractivity contribution >= 4 is 43.2 Å². The summed E-state index contributed by atoms with van der Waals surface area (Å²) in [5.74, 6) is 0. The molecule has 34 heavy (non-hydrogen) atoms. The molecule has 158 valence electrons. The summed E-state index contributed by atoms with van der Waals surface area (Å²) in [7, 11) is 0. The molecule has 0 radical (unpaired) electrons. The van der Waals surface area contributed by atoms with Crippen LogP contribution in [-0.2, 0) is 0 Å². The number of rotatable bonds is 2. The summed E-state index contributed by atoms with van der Waals surface area (Å²) < 4.78 is 0. The second-order valence-electron chi connectivity index (χ2n) is 8.69. The molecule has 2 heteroatoms. The second kappa shape index (κ2) is 7.50. The number of benzene rings is 5. The Kier molecular flexibility index (Phi) is 4.18. The Hall–Kier alpha value is -4.56. The highest BCUT2D eigenvalue weighted by molar-refractivity contribution is 6.20. The van der Waals surface area contributed by atoms with E-state index in [-0.39, 0.29) is 0 Å². The lowest BCUT2D eigenvalue weighted by Crippen LogP contribution is -1.93. The van der Waals surface area contributed by atoms with Crippen molar-refractivity contribution in [2.24, 2.45) is 0 Å². The molecular formula is C32H20N2. The average Bonchev–Trinajstić information content (AvgIpc) is 2.91. The van der Waals surface area contributed by atoms with Gasteiger partial charge in [0, 0.05) is 40.5 Å². The van der Waals surface area contributed by atoms with Gasteiger partial charge >= 0.3 is 0 Å². The Bertz CT molecular complexity index is 1670. The number of hydrogen-bond acceptors (Lipinski definition) is 2. The third-order valence-electron chi connectivity index (χ3n) is 6.75. The highest BCUT2D eigenvalue weighted by Crippen LogP contribution is 2.43. The Morgan fingerprint density at radius 2 is 1.09 bits per heavy atom. The third kappa shape index (κ3) is 2.89.